The molecule has 0 aliphatic heterocycles. The number of Topliss-reactive ketones (excluding diaryl/α,β-unsaturated/α-hetero) is 1. The van der Waals surface area contributed by atoms with E-state index < -0.39 is 7.72 Å². The van der Waals surface area contributed by atoms with E-state index in [0.29, 0.717) is 11.5 Å². The van der Waals surface area contributed by atoms with Gasteiger partial charge in [0.05, 0.1) is 20.8 Å². The van der Waals surface area contributed by atoms with Crippen molar-refractivity contribution in [2.75, 3.05) is 26.9 Å². The summed E-state index contributed by atoms with van der Waals surface area (Å²) in [4.78, 5) is 32.8. The largest absolute Gasteiger partial charge is 0.497 e. The van der Waals surface area contributed by atoms with Gasteiger partial charge in [0.25, 0.3) is 7.72 Å². The number of nitrogens with one attached hydrogen (secondary N) is 1. The molecule has 6 nitrogen and oxygen atoms in total. The highest BCUT2D eigenvalue weighted by molar-refractivity contribution is 7.64. The molecule has 2 aromatic rings. The van der Waals surface area contributed by atoms with Crippen LogP contribution in [0.25, 0.3) is 0 Å². The lowest BCUT2D eigenvalue weighted by Gasteiger charge is -2.18. The van der Waals surface area contributed by atoms with Gasteiger partial charge in [0.2, 0.25) is 0 Å². The number of ketones is 1. The number of hydrogen-bond acceptors (Lipinski definition) is 6. The molecule has 0 aliphatic carbocycles. The average Bonchev–Trinajstić information content (AvgIpc) is 2.65. The van der Waals surface area contributed by atoms with Gasteiger partial charge in [-0.05, 0) is 30.7 Å². The summed E-state index contributed by atoms with van der Waals surface area (Å²) in [7, 11) is -0.139. The van der Waals surface area contributed by atoms with Gasteiger partial charge >= 0.3 is 0 Å². The van der Waals surface area contributed by atoms with Crippen LogP contribution < -0.4 is 14.8 Å². The maximum absolute atomic E-state index is 12.3. The fourth-order valence-corrected chi connectivity index (χ4v) is 4.41. The molecule has 146 valence electrons. The van der Waals surface area contributed by atoms with Crippen molar-refractivity contribution >= 4 is 13.5 Å². The molecular formula is C20H27NO5P+. The second kappa shape index (κ2) is 9.81. The van der Waals surface area contributed by atoms with Crippen LogP contribution >= 0.6 is 7.72 Å². The molecule has 2 rings (SSSR count). The van der Waals surface area contributed by atoms with Crippen LogP contribution in [0, 0.1) is 0 Å². The van der Waals surface area contributed by atoms with Crippen LogP contribution in [0.4, 0.5) is 0 Å². The zero-order valence-corrected chi connectivity index (χ0v) is 16.8. The van der Waals surface area contributed by atoms with E-state index in [0.717, 1.165) is 11.1 Å². The molecule has 27 heavy (non-hydrogen) atoms. The van der Waals surface area contributed by atoms with Crippen LogP contribution in [0.15, 0.2) is 48.5 Å². The number of carbonyl (C=O) groups is 1. The van der Waals surface area contributed by atoms with Gasteiger partial charge in [-0.3, -0.25) is 4.79 Å². The first-order chi connectivity index (χ1) is 12.8. The molecule has 0 bridgehead atoms. The first-order valence-electron chi connectivity index (χ1n) is 8.68. The van der Waals surface area contributed by atoms with Crippen LogP contribution in [0.3, 0.4) is 0 Å². The topological polar surface area (TPSA) is 88.0 Å². The van der Waals surface area contributed by atoms with E-state index in [2.05, 4.69) is 5.32 Å². The molecule has 0 amide bonds. The van der Waals surface area contributed by atoms with Crippen molar-refractivity contribution < 1.29 is 24.1 Å². The summed E-state index contributed by atoms with van der Waals surface area (Å²) in [6, 6.07) is 14.5. The molecule has 0 saturated carbocycles. The Balaban J connectivity index is 1.93. The second-order valence-corrected chi connectivity index (χ2v) is 8.82. The Hall–Kier alpha value is -1.98. The first kappa shape index (κ1) is 21.3. The first-order valence-corrected chi connectivity index (χ1v) is 10.7. The fourth-order valence-electron chi connectivity index (χ4n) is 2.82. The summed E-state index contributed by atoms with van der Waals surface area (Å²) < 4.78 is 10.6. The summed E-state index contributed by atoms with van der Waals surface area (Å²) >= 11 is 0. The number of carbonyl (C=O) groups excluding carboxylic acids is 1. The van der Waals surface area contributed by atoms with Crippen LogP contribution in [0.5, 0.6) is 11.5 Å². The minimum absolute atomic E-state index is 0.0409. The molecule has 3 N–H and O–H groups in total. The summed E-state index contributed by atoms with van der Waals surface area (Å²) in [6.07, 6.45) is -0.129. The zero-order valence-electron chi connectivity index (χ0n) is 15.9. The van der Waals surface area contributed by atoms with E-state index in [-0.39, 0.29) is 30.7 Å². The van der Waals surface area contributed by atoms with Crippen molar-refractivity contribution in [3.8, 4) is 11.5 Å². The van der Waals surface area contributed by atoms with Crippen LogP contribution in [0.2, 0.25) is 0 Å². The van der Waals surface area contributed by atoms with Crippen LogP contribution in [-0.4, -0.2) is 42.5 Å². The van der Waals surface area contributed by atoms with E-state index in [1.807, 2.05) is 49.4 Å². The molecule has 1 atom stereocenters. The molecule has 2 aromatic carbocycles. The van der Waals surface area contributed by atoms with E-state index in [4.69, 9.17) is 9.47 Å². The molecule has 7 heteroatoms. The lowest BCUT2D eigenvalue weighted by Crippen LogP contribution is -2.28. The zero-order chi connectivity index (χ0) is 19.9. The highest BCUT2D eigenvalue weighted by atomic mass is 31.2. The van der Waals surface area contributed by atoms with Gasteiger partial charge in [-0.2, -0.15) is 0 Å². The fraction of sp³-hybridized carbons (Fsp3) is 0.350. The maximum Gasteiger partial charge on any atom is 0.279 e. The lowest BCUT2D eigenvalue weighted by molar-refractivity contribution is -0.116. The van der Waals surface area contributed by atoms with Crippen molar-refractivity contribution in [1.29, 1.82) is 0 Å². The molecule has 0 saturated heterocycles. The number of ether oxygens (including phenoxy) is 2. The smallest absolute Gasteiger partial charge is 0.279 e. The van der Waals surface area contributed by atoms with Crippen molar-refractivity contribution in [2.45, 2.75) is 19.1 Å². The molecule has 0 aliphatic rings. The van der Waals surface area contributed by atoms with Gasteiger partial charge in [0.1, 0.15) is 17.7 Å². The van der Waals surface area contributed by atoms with Gasteiger partial charge in [-0.1, -0.05) is 30.3 Å². The summed E-state index contributed by atoms with van der Waals surface area (Å²) in [5.74, 6) is 1.15. The van der Waals surface area contributed by atoms with E-state index >= 15 is 0 Å². The SMILES string of the molecule is COc1ccc(OC)c(C(C)NCC(=O)C[P+](O)(O)Cc2ccccc2)c1. The lowest BCUT2D eigenvalue weighted by atomic mass is 10.1. The normalized spacial score (nSPS) is 12.5. The van der Waals surface area contributed by atoms with E-state index in [9.17, 15) is 14.6 Å². The third-order valence-corrected chi connectivity index (χ3v) is 5.95. The predicted octanol–water partition coefficient (Wildman–Crippen LogP) is 2.96. The Morgan fingerprint density at radius 1 is 1.11 bits per heavy atom. The molecular weight excluding hydrogens is 365 g/mol. The predicted molar refractivity (Wildman–Crippen MR) is 107 cm³/mol. The van der Waals surface area contributed by atoms with Crippen molar-refractivity contribution in [3.05, 3.63) is 59.7 Å². The van der Waals surface area contributed by atoms with Gasteiger partial charge in [0.15, 0.2) is 11.9 Å². The van der Waals surface area contributed by atoms with Gasteiger partial charge in [-0.15, -0.1) is 0 Å². The summed E-state index contributed by atoms with van der Waals surface area (Å²) in [5.41, 5.74) is 1.68. The Bertz CT molecular complexity index is 751. The van der Waals surface area contributed by atoms with Gasteiger partial charge in [-0.25, -0.2) is 9.79 Å². The minimum atomic E-state index is -3.31. The Morgan fingerprint density at radius 2 is 1.81 bits per heavy atom. The third-order valence-electron chi connectivity index (χ3n) is 4.22. The number of methoxy groups -OCH3 is 2. The molecule has 0 radical (unpaired) electrons. The van der Waals surface area contributed by atoms with Crippen molar-refractivity contribution in [1.82, 2.24) is 5.32 Å². The molecule has 0 fully saturated rings. The molecule has 0 aromatic heterocycles. The van der Waals surface area contributed by atoms with Crippen molar-refractivity contribution in [3.63, 3.8) is 0 Å². The number of hydrogen-bond donors (Lipinski definition) is 3. The highest BCUT2D eigenvalue weighted by Gasteiger charge is 2.36. The molecule has 0 heterocycles. The summed E-state index contributed by atoms with van der Waals surface area (Å²) in [5, 5.41) is 3.12. The monoisotopic (exact) mass is 392 g/mol. The average molecular weight is 392 g/mol. The third kappa shape index (κ3) is 6.60. The molecule has 1 unspecified atom stereocenters. The maximum atomic E-state index is 12.3. The highest BCUT2D eigenvalue weighted by Crippen LogP contribution is 2.52. The van der Waals surface area contributed by atoms with E-state index in [1.54, 1.807) is 20.3 Å². The Morgan fingerprint density at radius 3 is 2.44 bits per heavy atom. The molecule has 0 spiro atoms. The van der Waals surface area contributed by atoms with Crippen LogP contribution in [-0.2, 0) is 11.0 Å². The Kier molecular flexibility index (Phi) is 7.75. The standard InChI is InChI=1S/C20H27NO5P/c1-15(19-11-18(25-2)9-10-20(19)26-3)21-12-17(22)14-27(23,24)13-16-7-5-4-6-8-16/h4-11,15,21,23-24H,12-14H2,1-3H3/q+1. The number of benzene rings is 2. The van der Waals surface area contributed by atoms with E-state index in [1.165, 1.54) is 0 Å². The van der Waals surface area contributed by atoms with Gasteiger partial charge in [0, 0.05) is 11.6 Å². The number of rotatable bonds is 10. The Labute approximate surface area is 160 Å². The van der Waals surface area contributed by atoms with Gasteiger partial charge < -0.3 is 14.8 Å². The summed E-state index contributed by atoms with van der Waals surface area (Å²) in [6.45, 7) is 1.95. The van der Waals surface area contributed by atoms with Crippen LogP contribution in [0.1, 0.15) is 24.1 Å². The second-order valence-electron chi connectivity index (χ2n) is 6.43. The van der Waals surface area contributed by atoms with Crippen molar-refractivity contribution in [2.24, 2.45) is 0 Å². The quantitative estimate of drug-likeness (QED) is 0.539. The minimum Gasteiger partial charge on any atom is -0.497 e.